The molecule has 2 N–H and O–H groups in total. The number of hydrogen-bond acceptors (Lipinski definition) is 2. The van der Waals surface area contributed by atoms with Crippen LogP contribution in [-0.2, 0) is 4.79 Å². The first-order chi connectivity index (χ1) is 6.63. The van der Waals surface area contributed by atoms with Gasteiger partial charge in [-0.1, -0.05) is 5.92 Å². The summed E-state index contributed by atoms with van der Waals surface area (Å²) in [6, 6.07) is 3.84. The van der Waals surface area contributed by atoms with Gasteiger partial charge >= 0.3 is 0 Å². The summed E-state index contributed by atoms with van der Waals surface area (Å²) < 4.78 is 17.6. The Morgan fingerprint density at radius 3 is 2.86 bits per heavy atom. The molecule has 0 spiro atoms. The molecule has 4 heteroatoms. The number of benzene rings is 1. The van der Waals surface area contributed by atoms with E-state index in [0.717, 1.165) is 0 Å². The molecule has 0 unspecified atom stereocenters. The summed E-state index contributed by atoms with van der Waals surface area (Å²) in [4.78, 5) is 10.4. The van der Waals surface area contributed by atoms with Crippen molar-refractivity contribution in [2.75, 3.05) is 7.11 Å². The average molecular weight is 193 g/mol. The van der Waals surface area contributed by atoms with E-state index >= 15 is 0 Å². The van der Waals surface area contributed by atoms with Gasteiger partial charge in [-0.05, 0) is 12.1 Å². The van der Waals surface area contributed by atoms with Crippen molar-refractivity contribution in [3.63, 3.8) is 0 Å². The monoisotopic (exact) mass is 193 g/mol. The van der Waals surface area contributed by atoms with Crippen LogP contribution >= 0.6 is 0 Å². The zero-order chi connectivity index (χ0) is 10.6. The van der Waals surface area contributed by atoms with Crippen molar-refractivity contribution in [1.82, 2.24) is 0 Å². The van der Waals surface area contributed by atoms with Crippen LogP contribution in [-0.4, -0.2) is 13.0 Å². The normalized spacial score (nSPS) is 8.71. The van der Waals surface area contributed by atoms with E-state index in [1.165, 1.54) is 25.3 Å². The third-order valence-corrected chi connectivity index (χ3v) is 1.48. The van der Waals surface area contributed by atoms with E-state index in [2.05, 4.69) is 11.8 Å². The number of ether oxygens (including phenoxy) is 1. The number of carbonyl (C=O) groups excluding carboxylic acids is 1. The number of methoxy groups -OCH3 is 1. The Kier molecular flexibility index (Phi) is 3.08. The SMILES string of the molecule is COc1cc(F)ccc1C#CC(N)=O. The molecule has 0 fully saturated rings. The van der Waals surface area contributed by atoms with Crippen molar-refractivity contribution in [2.24, 2.45) is 5.73 Å². The highest BCUT2D eigenvalue weighted by molar-refractivity contribution is 5.92. The van der Waals surface area contributed by atoms with Crippen molar-refractivity contribution in [2.45, 2.75) is 0 Å². The Labute approximate surface area is 80.7 Å². The number of hydrogen-bond donors (Lipinski definition) is 1. The molecule has 0 heterocycles. The van der Waals surface area contributed by atoms with Gasteiger partial charge in [0.1, 0.15) is 11.6 Å². The third kappa shape index (κ3) is 2.49. The molecule has 0 aliphatic carbocycles. The second-order valence-electron chi connectivity index (χ2n) is 2.46. The zero-order valence-corrected chi connectivity index (χ0v) is 7.50. The number of carbonyl (C=O) groups is 1. The van der Waals surface area contributed by atoms with E-state index in [0.29, 0.717) is 5.56 Å². The zero-order valence-electron chi connectivity index (χ0n) is 7.50. The second-order valence-corrected chi connectivity index (χ2v) is 2.46. The molecule has 0 aromatic heterocycles. The fourth-order valence-electron chi connectivity index (χ4n) is 0.897. The Balaban J connectivity index is 3.10. The Morgan fingerprint density at radius 1 is 1.57 bits per heavy atom. The first kappa shape index (κ1) is 10.1. The van der Waals surface area contributed by atoms with E-state index < -0.39 is 11.7 Å². The molecule has 1 amide bonds. The average Bonchev–Trinajstić information content (AvgIpc) is 2.15. The predicted molar refractivity (Wildman–Crippen MR) is 49.0 cm³/mol. The number of halogens is 1. The van der Waals surface area contributed by atoms with Gasteiger partial charge in [0.05, 0.1) is 12.7 Å². The minimum Gasteiger partial charge on any atom is -0.495 e. The molecule has 14 heavy (non-hydrogen) atoms. The highest BCUT2D eigenvalue weighted by atomic mass is 19.1. The lowest BCUT2D eigenvalue weighted by atomic mass is 10.2. The quantitative estimate of drug-likeness (QED) is 0.666. The molecule has 3 nitrogen and oxygen atoms in total. The predicted octanol–water partition coefficient (Wildman–Crippen LogP) is 0.671. The molecule has 1 aromatic rings. The highest BCUT2D eigenvalue weighted by Gasteiger charge is 2.01. The fourth-order valence-corrected chi connectivity index (χ4v) is 0.897. The maximum Gasteiger partial charge on any atom is 0.293 e. The van der Waals surface area contributed by atoms with Gasteiger partial charge in [-0.15, -0.1) is 0 Å². The standard InChI is InChI=1S/C10H8FNO2/c1-14-9-6-8(11)4-2-7(9)3-5-10(12)13/h2,4,6H,1H3,(H2,12,13). The molecule has 0 saturated heterocycles. The molecular weight excluding hydrogens is 185 g/mol. The molecular formula is C10H8FNO2. The maximum absolute atomic E-state index is 12.7. The van der Waals surface area contributed by atoms with Gasteiger partial charge in [-0.25, -0.2) is 4.39 Å². The third-order valence-electron chi connectivity index (χ3n) is 1.48. The lowest BCUT2D eigenvalue weighted by Crippen LogP contribution is -2.06. The topological polar surface area (TPSA) is 52.3 Å². The summed E-state index contributed by atoms with van der Waals surface area (Å²) in [5.74, 6) is 3.73. The van der Waals surface area contributed by atoms with Crippen molar-refractivity contribution in [3.8, 4) is 17.6 Å². The number of nitrogens with two attached hydrogens (primary N) is 1. The minimum absolute atomic E-state index is 0.277. The van der Waals surface area contributed by atoms with Crippen LogP contribution in [0.25, 0.3) is 0 Å². The van der Waals surface area contributed by atoms with Gasteiger partial charge < -0.3 is 10.5 Å². The van der Waals surface area contributed by atoms with Crippen molar-refractivity contribution >= 4 is 5.91 Å². The Morgan fingerprint density at radius 2 is 2.29 bits per heavy atom. The minimum atomic E-state index is -0.739. The van der Waals surface area contributed by atoms with Crippen LogP contribution in [0.15, 0.2) is 18.2 Å². The van der Waals surface area contributed by atoms with Gasteiger partial charge in [-0.2, -0.15) is 0 Å². The number of amides is 1. The van der Waals surface area contributed by atoms with E-state index in [4.69, 9.17) is 10.5 Å². The Bertz CT molecular complexity index is 418. The molecule has 1 aromatic carbocycles. The molecule has 0 atom stereocenters. The van der Waals surface area contributed by atoms with E-state index in [9.17, 15) is 9.18 Å². The van der Waals surface area contributed by atoms with Crippen LogP contribution in [0.1, 0.15) is 5.56 Å². The lowest BCUT2D eigenvalue weighted by molar-refractivity contribution is -0.112. The molecule has 0 saturated carbocycles. The van der Waals surface area contributed by atoms with Gasteiger partial charge in [0.25, 0.3) is 5.91 Å². The van der Waals surface area contributed by atoms with Crippen LogP contribution in [0.3, 0.4) is 0 Å². The lowest BCUT2D eigenvalue weighted by Gasteiger charge is -2.01. The number of primary amides is 1. The molecule has 1 rings (SSSR count). The second kappa shape index (κ2) is 4.28. The van der Waals surface area contributed by atoms with E-state index in [1.54, 1.807) is 0 Å². The summed E-state index contributed by atoms with van der Waals surface area (Å²) in [5, 5.41) is 0. The molecule has 0 bridgehead atoms. The summed E-state index contributed by atoms with van der Waals surface area (Å²) in [6.07, 6.45) is 0. The first-order valence-corrected chi connectivity index (χ1v) is 3.78. The van der Waals surface area contributed by atoms with E-state index in [-0.39, 0.29) is 5.75 Å². The molecule has 0 aliphatic rings. The highest BCUT2D eigenvalue weighted by Crippen LogP contribution is 2.17. The van der Waals surface area contributed by atoms with E-state index in [1.807, 2.05) is 0 Å². The number of rotatable bonds is 1. The largest absolute Gasteiger partial charge is 0.495 e. The Hall–Kier alpha value is -2.02. The van der Waals surface area contributed by atoms with Gasteiger partial charge in [0.2, 0.25) is 0 Å². The first-order valence-electron chi connectivity index (χ1n) is 3.78. The van der Waals surface area contributed by atoms with Crippen LogP contribution in [0.5, 0.6) is 5.75 Å². The van der Waals surface area contributed by atoms with Gasteiger partial charge in [0, 0.05) is 12.0 Å². The fraction of sp³-hybridized carbons (Fsp3) is 0.100. The van der Waals surface area contributed by atoms with Gasteiger partial charge in [-0.3, -0.25) is 4.79 Å². The summed E-state index contributed by atoms with van der Waals surface area (Å²) in [5.41, 5.74) is 5.26. The van der Waals surface area contributed by atoms with Crippen LogP contribution in [0, 0.1) is 17.7 Å². The van der Waals surface area contributed by atoms with Gasteiger partial charge in [0.15, 0.2) is 0 Å². The smallest absolute Gasteiger partial charge is 0.293 e. The van der Waals surface area contributed by atoms with Crippen LogP contribution < -0.4 is 10.5 Å². The molecule has 0 radical (unpaired) electrons. The summed E-state index contributed by atoms with van der Waals surface area (Å²) >= 11 is 0. The molecule has 0 aliphatic heterocycles. The van der Waals surface area contributed by atoms with Crippen LogP contribution in [0.2, 0.25) is 0 Å². The van der Waals surface area contributed by atoms with Crippen molar-refractivity contribution < 1.29 is 13.9 Å². The van der Waals surface area contributed by atoms with Crippen LogP contribution in [0.4, 0.5) is 4.39 Å². The molecule has 72 valence electrons. The summed E-state index contributed by atoms with van der Waals surface area (Å²) in [6.45, 7) is 0. The maximum atomic E-state index is 12.7. The summed E-state index contributed by atoms with van der Waals surface area (Å²) in [7, 11) is 1.39. The van der Waals surface area contributed by atoms with Crippen molar-refractivity contribution in [3.05, 3.63) is 29.6 Å². The van der Waals surface area contributed by atoms with Crippen molar-refractivity contribution in [1.29, 1.82) is 0 Å².